The fourth-order valence-electron chi connectivity index (χ4n) is 5.00. The molecule has 0 radical (unpaired) electrons. The molecule has 1 aliphatic carbocycles. The van der Waals surface area contributed by atoms with E-state index in [-0.39, 0.29) is 6.04 Å². The number of thiophene rings is 1. The lowest BCUT2D eigenvalue weighted by Crippen LogP contribution is -2.08. The molecule has 0 bridgehead atoms. The number of rotatable bonds is 4. The third-order valence-corrected chi connectivity index (χ3v) is 8.26. The molecule has 0 saturated heterocycles. The highest BCUT2D eigenvalue weighted by Gasteiger charge is 2.32. The predicted octanol–water partition coefficient (Wildman–Crippen LogP) is 6.48. The van der Waals surface area contributed by atoms with Crippen molar-refractivity contribution in [3.05, 3.63) is 97.9 Å². The smallest absolute Gasteiger partial charge is 0.162 e. The third kappa shape index (κ3) is 3.64. The molecule has 4 nitrogen and oxygen atoms in total. The first kappa shape index (κ1) is 20.8. The summed E-state index contributed by atoms with van der Waals surface area (Å²) in [5.74, 6) is 1.87. The Morgan fingerprint density at radius 2 is 1.67 bits per heavy atom. The van der Waals surface area contributed by atoms with Crippen molar-refractivity contribution in [3.8, 4) is 5.00 Å². The van der Waals surface area contributed by atoms with Gasteiger partial charge in [-0.15, -0.1) is 21.5 Å². The van der Waals surface area contributed by atoms with Crippen molar-refractivity contribution >= 4 is 28.6 Å². The average molecular weight is 473 g/mol. The summed E-state index contributed by atoms with van der Waals surface area (Å²) >= 11 is 7.92. The van der Waals surface area contributed by atoms with Crippen LogP contribution in [0.2, 0.25) is 5.02 Å². The first-order valence-electron chi connectivity index (χ1n) is 11.6. The number of aliphatic imine (C=N–C) groups is 1. The van der Waals surface area contributed by atoms with Gasteiger partial charge in [0.05, 0.1) is 5.71 Å². The second-order valence-electron chi connectivity index (χ2n) is 8.96. The molecular formula is C27H25ClN4S. The summed E-state index contributed by atoms with van der Waals surface area (Å²) in [4.78, 5) is 6.71. The topological polar surface area (TPSA) is 43.1 Å². The van der Waals surface area contributed by atoms with Crippen LogP contribution in [-0.4, -0.2) is 20.5 Å². The van der Waals surface area contributed by atoms with Crippen molar-refractivity contribution in [3.63, 3.8) is 0 Å². The zero-order chi connectivity index (χ0) is 22.5. The van der Waals surface area contributed by atoms with E-state index in [1.807, 2.05) is 30.4 Å². The maximum atomic E-state index is 6.02. The number of hydrogen-bond donors (Lipinski definition) is 0. The van der Waals surface area contributed by atoms with E-state index in [1.54, 1.807) is 0 Å². The van der Waals surface area contributed by atoms with E-state index in [9.17, 15) is 0 Å². The molecule has 33 heavy (non-hydrogen) atoms. The van der Waals surface area contributed by atoms with Gasteiger partial charge in [-0.2, -0.15) is 0 Å². The molecule has 0 saturated carbocycles. The van der Waals surface area contributed by atoms with Crippen molar-refractivity contribution < 1.29 is 0 Å². The summed E-state index contributed by atoms with van der Waals surface area (Å²) in [6.45, 7) is 4.16. The monoisotopic (exact) mass is 472 g/mol. The number of hydrogen-bond acceptors (Lipinski definition) is 4. The molecule has 1 atom stereocenters. The van der Waals surface area contributed by atoms with Gasteiger partial charge in [0.15, 0.2) is 5.82 Å². The molecule has 0 amide bonds. The number of aromatic nitrogens is 3. The largest absolute Gasteiger partial charge is 0.273 e. The average Bonchev–Trinajstić information content (AvgIpc) is 3.50. The summed E-state index contributed by atoms with van der Waals surface area (Å²) in [6.07, 6.45) is 5.53. The van der Waals surface area contributed by atoms with Gasteiger partial charge in [-0.05, 0) is 74.8 Å². The van der Waals surface area contributed by atoms with Crippen molar-refractivity contribution in [2.24, 2.45) is 4.99 Å². The zero-order valence-corrected chi connectivity index (χ0v) is 20.4. The second-order valence-corrected chi connectivity index (χ2v) is 10.5. The van der Waals surface area contributed by atoms with Crippen LogP contribution in [0.1, 0.15) is 63.7 Å². The van der Waals surface area contributed by atoms with E-state index >= 15 is 0 Å². The lowest BCUT2D eigenvalue weighted by atomic mass is 9.97. The molecule has 0 fully saturated rings. The fraction of sp³-hybridized carbons (Fsp3) is 0.296. The molecule has 0 unspecified atom stereocenters. The molecule has 0 N–H and O–H groups in total. The highest BCUT2D eigenvalue weighted by Crippen LogP contribution is 2.42. The van der Waals surface area contributed by atoms with Gasteiger partial charge in [-0.1, -0.05) is 48.0 Å². The molecule has 4 aromatic rings. The minimum atomic E-state index is -0.0394. The van der Waals surface area contributed by atoms with Crippen LogP contribution in [0.25, 0.3) is 5.00 Å². The first-order chi connectivity index (χ1) is 16.1. The van der Waals surface area contributed by atoms with E-state index in [0.29, 0.717) is 0 Å². The van der Waals surface area contributed by atoms with Crippen LogP contribution < -0.4 is 0 Å². The van der Waals surface area contributed by atoms with Gasteiger partial charge in [0.1, 0.15) is 16.9 Å². The summed E-state index contributed by atoms with van der Waals surface area (Å²) in [5.41, 5.74) is 7.71. The molecule has 2 aromatic heterocycles. The molecule has 2 aromatic carbocycles. The Balaban J connectivity index is 1.35. The Morgan fingerprint density at radius 3 is 2.39 bits per heavy atom. The van der Waals surface area contributed by atoms with Crippen LogP contribution >= 0.6 is 22.9 Å². The van der Waals surface area contributed by atoms with Gasteiger partial charge >= 0.3 is 0 Å². The van der Waals surface area contributed by atoms with Crippen LogP contribution in [0.4, 0.5) is 0 Å². The van der Waals surface area contributed by atoms with E-state index in [2.05, 4.69) is 58.1 Å². The molecular weight excluding hydrogens is 448 g/mol. The van der Waals surface area contributed by atoms with Gasteiger partial charge in [0.2, 0.25) is 0 Å². The Bertz CT molecular complexity index is 1360. The Kier molecular flexibility index (Phi) is 5.19. The van der Waals surface area contributed by atoms with Crippen molar-refractivity contribution in [2.45, 2.75) is 52.0 Å². The molecule has 166 valence electrons. The van der Waals surface area contributed by atoms with Crippen molar-refractivity contribution in [2.75, 3.05) is 0 Å². The lowest BCUT2D eigenvalue weighted by Gasteiger charge is -2.11. The molecule has 0 spiro atoms. The Morgan fingerprint density at radius 1 is 0.970 bits per heavy atom. The van der Waals surface area contributed by atoms with Crippen molar-refractivity contribution in [1.82, 2.24) is 14.8 Å². The zero-order valence-electron chi connectivity index (χ0n) is 18.8. The Hall–Kier alpha value is -2.76. The van der Waals surface area contributed by atoms with Gasteiger partial charge in [0.25, 0.3) is 0 Å². The number of halogens is 1. The van der Waals surface area contributed by atoms with E-state index in [4.69, 9.17) is 16.6 Å². The molecule has 1 aliphatic heterocycles. The minimum Gasteiger partial charge on any atom is -0.273 e. The highest BCUT2D eigenvalue weighted by atomic mass is 35.5. The summed E-state index contributed by atoms with van der Waals surface area (Å²) in [6, 6.07) is 17.1. The maximum Gasteiger partial charge on any atom is 0.162 e. The van der Waals surface area contributed by atoms with Crippen LogP contribution in [0.15, 0.2) is 53.5 Å². The molecule has 2 aliphatic rings. The molecule has 3 heterocycles. The van der Waals surface area contributed by atoms with Gasteiger partial charge in [-0.25, -0.2) is 0 Å². The van der Waals surface area contributed by atoms with Crippen LogP contribution in [0.3, 0.4) is 0 Å². The SMILES string of the molecule is Cc1nnc2n1-c1sc3c(c1C(c1ccc(CCc4ccc(Cl)cc4)cc1)=N[C@H]2C)CCC3. The van der Waals surface area contributed by atoms with Crippen LogP contribution in [0, 0.1) is 6.92 Å². The van der Waals surface area contributed by atoms with Crippen molar-refractivity contribution in [1.29, 1.82) is 0 Å². The lowest BCUT2D eigenvalue weighted by molar-refractivity contribution is 0.724. The molecule has 6 rings (SSSR count). The number of benzene rings is 2. The predicted molar refractivity (Wildman–Crippen MR) is 135 cm³/mol. The van der Waals surface area contributed by atoms with Gasteiger partial charge < -0.3 is 0 Å². The normalized spacial score (nSPS) is 16.7. The second kappa shape index (κ2) is 8.23. The first-order valence-corrected chi connectivity index (χ1v) is 12.8. The van der Waals surface area contributed by atoms with Gasteiger partial charge in [0, 0.05) is 21.0 Å². The molecule has 6 heteroatoms. The van der Waals surface area contributed by atoms with E-state index in [1.165, 1.54) is 44.1 Å². The third-order valence-electron chi connectivity index (χ3n) is 6.73. The number of aryl methyl sites for hydroxylation is 4. The maximum absolute atomic E-state index is 6.02. The van der Waals surface area contributed by atoms with Gasteiger partial charge in [-0.3, -0.25) is 9.56 Å². The van der Waals surface area contributed by atoms with E-state index in [0.717, 1.165) is 48.1 Å². The summed E-state index contributed by atoms with van der Waals surface area (Å²) in [7, 11) is 0. The number of fused-ring (bicyclic) bond motifs is 5. The quantitative estimate of drug-likeness (QED) is 0.341. The minimum absolute atomic E-state index is 0.0394. The Labute approximate surface area is 203 Å². The van der Waals surface area contributed by atoms with Crippen LogP contribution in [0.5, 0.6) is 0 Å². The standard InChI is InChI=1S/C27H25ClN4S/c1-16-26-31-30-17(2)32(26)27-24(22-4-3-5-23(22)33-27)25(29-16)20-12-8-18(9-13-20)6-7-19-10-14-21(28)15-11-19/h8-16H,3-7H2,1-2H3/t16-/m0/s1. The van der Waals surface area contributed by atoms with Crippen LogP contribution in [-0.2, 0) is 25.7 Å². The summed E-state index contributed by atoms with van der Waals surface area (Å²) < 4.78 is 2.24. The highest BCUT2D eigenvalue weighted by molar-refractivity contribution is 7.15. The van der Waals surface area contributed by atoms with E-state index < -0.39 is 0 Å². The number of nitrogens with zero attached hydrogens (tertiary/aromatic N) is 4. The fourth-order valence-corrected chi connectivity index (χ4v) is 6.57. The summed E-state index contributed by atoms with van der Waals surface area (Å²) in [5, 5.41) is 10.9.